The summed E-state index contributed by atoms with van der Waals surface area (Å²) >= 11 is 0. The number of nitrogens with zero attached hydrogens (tertiary/aromatic N) is 2. The molecule has 8 aromatic rings. The van der Waals surface area contributed by atoms with E-state index in [4.69, 9.17) is 4.42 Å². The molecule has 4 heteroatoms. The van der Waals surface area contributed by atoms with Crippen molar-refractivity contribution in [1.82, 2.24) is 4.48 Å². The Labute approximate surface area is 299 Å². The van der Waals surface area contributed by atoms with Gasteiger partial charge in [-0.05, 0) is 86.5 Å². The lowest BCUT2D eigenvalue weighted by Gasteiger charge is -2.48. The van der Waals surface area contributed by atoms with E-state index in [1.165, 1.54) is 88.6 Å². The van der Waals surface area contributed by atoms with Gasteiger partial charge in [-0.15, -0.1) is 0 Å². The topological polar surface area (TPSA) is 21.3 Å². The van der Waals surface area contributed by atoms with Gasteiger partial charge in [0.05, 0.1) is 5.69 Å². The molecule has 3 aliphatic heterocycles. The van der Waals surface area contributed by atoms with Crippen molar-refractivity contribution in [2.75, 3.05) is 4.90 Å². The van der Waals surface area contributed by atoms with Crippen LogP contribution in [0.2, 0.25) is 0 Å². The first-order valence-corrected chi connectivity index (χ1v) is 18.5. The van der Waals surface area contributed by atoms with Crippen LogP contribution in [0.1, 0.15) is 77.6 Å². The first kappa shape index (κ1) is 29.5. The van der Waals surface area contributed by atoms with E-state index in [9.17, 15) is 0 Å². The summed E-state index contributed by atoms with van der Waals surface area (Å²) in [6.07, 6.45) is 0. The van der Waals surface area contributed by atoms with E-state index in [0.717, 1.165) is 16.6 Å². The maximum Gasteiger partial charge on any atom is 0.333 e. The summed E-state index contributed by atoms with van der Waals surface area (Å²) in [7, 11) is 0. The molecule has 248 valence electrons. The van der Waals surface area contributed by atoms with Crippen LogP contribution in [0, 0.1) is 0 Å². The lowest BCUT2D eigenvalue weighted by Crippen LogP contribution is -2.58. The maximum atomic E-state index is 7.00. The van der Waals surface area contributed by atoms with Crippen LogP contribution in [0.3, 0.4) is 0 Å². The summed E-state index contributed by atoms with van der Waals surface area (Å²) in [6, 6.07) is 39.4. The van der Waals surface area contributed by atoms with Crippen LogP contribution < -0.4 is 15.8 Å². The molecule has 6 aromatic carbocycles. The van der Waals surface area contributed by atoms with Crippen molar-refractivity contribution in [2.24, 2.45) is 0 Å². The van der Waals surface area contributed by atoms with Crippen molar-refractivity contribution in [3.63, 3.8) is 0 Å². The fourth-order valence-electron chi connectivity index (χ4n) is 9.80. The highest BCUT2D eigenvalue weighted by Gasteiger charge is 2.49. The minimum Gasteiger partial charge on any atom is -0.455 e. The summed E-state index contributed by atoms with van der Waals surface area (Å²) in [4.78, 5) is 2.60. The molecule has 51 heavy (non-hydrogen) atoms. The lowest BCUT2D eigenvalue weighted by atomic mass is 9.44. The predicted octanol–water partition coefficient (Wildman–Crippen LogP) is 11.3. The number of anilines is 3. The molecular weight excluding hydrogens is 619 g/mol. The van der Waals surface area contributed by atoms with E-state index in [1.807, 2.05) is 0 Å². The van der Waals surface area contributed by atoms with Gasteiger partial charge in [0.2, 0.25) is 0 Å². The molecular formula is C47H41BN2O. The summed E-state index contributed by atoms with van der Waals surface area (Å²) in [5.41, 5.74) is 18.8. The Balaban J connectivity index is 1.41. The van der Waals surface area contributed by atoms with Crippen molar-refractivity contribution in [3.8, 4) is 11.1 Å². The van der Waals surface area contributed by atoms with Gasteiger partial charge in [0.1, 0.15) is 11.2 Å². The van der Waals surface area contributed by atoms with Gasteiger partial charge in [-0.1, -0.05) is 116 Å². The second-order valence-electron chi connectivity index (χ2n) is 17.8. The molecule has 0 spiro atoms. The van der Waals surface area contributed by atoms with Gasteiger partial charge in [0.25, 0.3) is 0 Å². The van der Waals surface area contributed by atoms with Crippen molar-refractivity contribution < 1.29 is 4.42 Å². The van der Waals surface area contributed by atoms with Crippen LogP contribution in [0.15, 0.2) is 108 Å². The third-order valence-electron chi connectivity index (χ3n) is 12.4. The Morgan fingerprint density at radius 2 is 1.35 bits per heavy atom. The maximum absolute atomic E-state index is 7.00. The van der Waals surface area contributed by atoms with Crippen LogP contribution in [-0.4, -0.2) is 11.3 Å². The molecule has 0 radical (unpaired) electrons. The number of para-hydroxylation sites is 3. The molecule has 5 heterocycles. The minimum absolute atomic E-state index is 0.0200. The van der Waals surface area contributed by atoms with Gasteiger partial charge >= 0.3 is 6.85 Å². The van der Waals surface area contributed by atoms with Crippen LogP contribution in [0.5, 0.6) is 0 Å². The molecule has 11 rings (SSSR count). The zero-order valence-corrected chi connectivity index (χ0v) is 30.7. The highest BCUT2D eigenvalue weighted by molar-refractivity contribution is 6.90. The second-order valence-corrected chi connectivity index (χ2v) is 17.8. The SMILES string of the molecule is CC(C)(C)c1ccc2c(c1)c1cc(C(C)(C)C)cc3c1n2B1c2cccc4c2N(c2ccccc2C4(C)C)c2cc4c(oc5ccccc54)c-3c21. The first-order valence-electron chi connectivity index (χ1n) is 18.5. The van der Waals surface area contributed by atoms with E-state index >= 15 is 0 Å². The standard InChI is InChI=1S/C47H41BN2O/c1-45(2,3)26-20-21-36-29(22-26)30-23-27(46(4,5)6)24-32-40-41-38(25-31-28-14-9-12-19-39(28)51-44(31)40)49-37-18-11-10-15-33(37)47(7,8)34-16-13-17-35(43(34)49)48(41)50(36)42(30)32/h9-25H,1-8H3. The van der Waals surface area contributed by atoms with E-state index in [2.05, 4.69) is 168 Å². The predicted molar refractivity (Wildman–Crippen MR) is 217 cm³/mol. The van der Waals surface area contributed by atoms with Crippen LogP contribution >= 0.6 is 0 Å². The first-order chi connectivity index (χ1) is 24.3. The van der Waals surface area contributed by atoms with Gasteiger partial charge in [0, 0.05) is 60.5 Å². The third kappa shape index (κ3) is 3.56. The van der Waals surface area contributed by atoms with Crippen LogP contribution in [0.4, 0.5) is 17.1 Å². The molecule has 3 nitrogen and oxygen atoms in total. The Hall–Kier alpha value is -5.22. The Kier molecular flexibility index (Phi) is 5.30. The zero-order chi connectivity index (χ0) is 34.9. The fraction of sp³-hybridized carbons (Fsp3) is 0.234. The third-order valence-corrected chi connectivity index (χ3v) is 12.4. The number of hydrogen-bond acceptors (Lipinski definition) is 2. The van der Waals surface area contributed by atoms with Crippen molar-refractivity contribution in [2.45, 2.75) is 71.6 Å². The monoisotopic (exact) mass is 660 g/mol. The van der Waals surface area contributed by atoms with Gasteiger partial charge in [-0.25, -0.2) is 0 Å². The van der Waals surface area contributed by atoms with Crippen molar-refractivity contribution >= 4 is 78.6 Å². The molecule has 0 atom stereocenters. The fourth-order valence-corrected chi connectivity index (χ4v) is 9.80. The molecule has 0 bridgehead atoms. The normalized spacial score (nSPS) is 15.5. The molecule has 0 amide bonds. The largest absolute Gasteiger partial charge is 0.455 e. The Bertz CT molecular complexity index is 2870. The molecule has 0 saturated heterocycles. The molecule has 0 saturated carbocycles. The molecule has 0 fully saturated rings. The average Bonchev–Trinajstić information content (AvgIpc) is 3.64. The zero-order valence-electron chi connectivity index (χ0n) is 30.7. The summed E-state index contributed by atoms with van der Waals surface area (Å²) in [5.74, 6) is 0. The molecule has 0 N–H and O–H groups in total. The summed E-state index contributed by atoms with van der Waals surface area (Å²) < 4.78 is 9.70. The summed E-state index contributed by atoms with van der Waals surface area (Å²) in [5, 5.41) is 5.00. The lowest BCUT2D eigenvalue weighted by molar-refractivity contribution is 0.590. The Morgan fingerprint density at radius 1 is 0.627 bits per heavy atom. The second kappa shape index (κ2) is 9.17. The van der Waals surface area contributed by atoms with E-state index in [1.54, 1.807) is 0 Å². The molecule has 0 aliphatic carbocycles. The smallest absolute Gasteiger partial charge is 0.333 e. The van der Waals surface area contributed by atoms with Gasteiger partial charge in [-0.3, -0.25) is 0 Å². The number of furan rings is 1. The molecule has 3 aliphatic rings. The quantitative estimate of drug-likeness (QED) is 0.151. The average molecular weight is 661 g/mol. The van der Waals surface area contributed by atoms with E-state index in [0.29, 0.717) is 0 Å². The Morgan fingerprint density at radius 3 is 2.16 bits per heavy atom. The highest BCUT2D eigenvalue weighted by Crippen LogP contribution is 2.56. The summed E-state index contributed by atoms with van der Waals surface area (Å²) in [6.45, 7) is 18.8. The van der Waals surface area contributed by atoms with Crippen LogP contribution in [-0.2, 0) is 16.2 Å². The van der Waals surface area contributed by atoms with Gasteiger partial charge < -0.3 is 13.8 Å². The van der Waals surface area contributed by atoms with Gasteiger partial charge in [0.15, 0.2) is 0 Å². The van der Waals surface area contributed by atoms with E-state index < -0.39 is 0 Å². The van der Waals surface area contributed by atoms with Crippen molar-refractivity contribution in [3.05, 3.63) is 125 Å². The minimum atomic E-state index is -0.158. The molecule has 2 aromatic heterocycles. The number of rotatable bonds is 0. The highest BCUT2D eigenvalue weighted by atomic mass is 16.3. The van der Waals surface area contributed by atoms with E-state index in [-0.39, 0.29) is 23.1 Å². The number of fused-ring (bicyclic) bond motifs is 13. The number of hydrogen-bond donors (Lipinski definition) is 0. The van der Waals surface area contributed by atoms with Gasteiger partial charge in [-0.2, -0.15) is 0 Å². The molecule has 0 unspecified atom stereocenters. The number of benzene rings is 6. The number of aromatic nitrogens is 1. The van der Waals surface area contributed by atoms with Crippen LogP contribution in [0.25, 0.3) is 54.9 Å². The van der Waals surface area contributed by atoms with Crippen molar-refractivity contribution in [1.29, 1.82) is 0 Å².